The SMILES string of the molecule is COc1nc(N2CCSCC2)cc(-n2ncc3cc(C)c(C4CCN(C(=O)O)CC4F)cc32)n1. The lowest BCUT2D eigenvalue weighted by Gasteiger charge is -2.34. The fraction of sp³-hybridized carbons (Fsp3) is 0.478. The maximum atomic E-state index is 15.1. The van der Waals surface area contributed by atoms with Gasteiger partial charge < -0.3 is 19.6 Å². The van der Waals surface area contributed by atoms with Crippen molar-refractivity contribution in [1.29, 1.82) is 0 Å². The predicted octanol–water partition coefficient (Wildman–Crippen LogP) is 3.49. The molecule has 0 aliphatic carbocycles. The van der Waals surface area contributed by atoms with E-state index in [1.54, 1.807) is 18.0 Å². The van der Waals surface area contributed by atoms with E-state index in [9.17, 15) is 9.90 Å². The van der Waals surface area contributed by atoms with Gasteiger partial charge in [-0.2, -0.15) is 26.8 Å². The standard InChI is InChI=1S/C23H27FN6O3S/c1-14-9-15-12-25-30(19(15)10-17(14)16-3-4-29(23(31)32)13-18(16)24)21-11-20(26-22(27-21)33-2)28-5-7-34-8-6-28/h9-12,16,18H,3-8,13H2,1-2H3,(H,31,32). The number of aromatic nitrogens is 4. The zero-order valence-electron chi connectivity index (χ0n) is 19.1. The summed E-state index contributed by atoms with van der Waals surface area (Å²) >= 11 is 1.93. The number of benzene rings is 1. The second-order valence-electron chi connectivity index (χ2n) is 8.63. The minimum atomic E-state index is -1.26. The third kappa shape index (κ3) is 4.24. The van der Waals surface area contributed by atoms with Gasteiger partial charge in [0.15, 0.2) is 5.82 Å². The molecule has 1 amide bonds. The molecule has 2 aromatic heterocycles. The van der Waals surface area contributed by atoms with Crippen LogP contribution in [0.2, 0.25) is 0 Å². The number of piperidine rings is 1. The summed E-state index contributed by atoms with van der Waals surface area (Å²) in [6.45, 7) is 3.97. The van der Waals surface area contributed by atoms with Gasteiger partial charge in [0, 0.05) is 48.5 Å². The van der Waals surface area contributed by atoms with Gasteiger partial charge in [0.25, 0.3) is 0 Å². The van der Waals surface area contributed by atoms with Gasteiger partial charge in [-0.15, -0.1) is 0 Å². The molecule has 3 aromatic rings. The first kappa shape index (κ1) is 22.7. The number of carboxylic acid groups (broad SMARTS) is 1. The number of rotatable bonds is 4. The second-order valence-corrected chi connectivity index (χ2v) is 9.86. The normalized spacial score (nSPS) is 21.1. The lowest BCUT2D eigenvalue weighted by Crippen LogP contribution is -2.43. The molecule has 5 rings (SSSR count). The second kappa shape index (κ2) is 9.28. The zero-order valence-corrected chi connectivity index (χ0v) is 20.0. The fourth-order valence-electron chi connectivity index (χ4n) is 4.77. The first-order valence-electron chi connectivity index (χ1n) is 11.3. The number of alkyl halides is 1. The number of anilines is 1. The van der Waals surface area contributed by atoms with Crippen molar-refractivity contribution in [2.45, 2.75) is 25.4 Å². The van der Waals surface area contributed by atoms with Gasteiger partial charge in [-0.1, -0.05) is 0 Å². The summed E-state index contributed by atoms with van der Waals surface area (Å²) < 4.78 is 22.2. The Morgan fingerprint density at radius 1 is 1.18 bits per heavy atom. The van der Waals surface area contributed by atoms with Crippen molar-refractivity contribution in [2.75, 3.05) is 49.7 Å². The molecule has 11 heteroatoms. The minimum Gasteiger partial charge on any atom is -0.467 e. The summed E-state index contributed by atoms with van der Waals surface area (Å²) in [4.78, 5) is 23.7. The van der Waals surface area contributed by atoms with Crippen LogP contribution in [0.15, 0.2) is 24.4 Å². The van der Waals surface area contributed by atoms with Crippen LogP contribution in [-0.2, 0) is 0 Å². The van der Waals surface area contributed by atoms with Crippen LogP contribution in [0.4, 0.5) is 15.0 Å². The van der Waals surface area contributed by atoms with Gasteiger partial charge in [0.2, 0.25) is 0 Å². The molecule has 0 spiro atoms. The number of fused-ring (bicyclic) bond motifs is 1. The Kier molecular flexibility index (Phi) is 6.20. The quantitative estimate of drug-likeness (QED) is 0.599. The van der Waals surface area contributed by atoms with Crippen LogP contribution in [0.1, 0.15) is 23.5 Å². The number of thioether (sulfide) groups is 1. The van der Waals surface area contributed by atoms with E-state index >= 15 is 4.39 Å². The molecule has 2 fully saturated rings. The zero-order chi connectivity index (χ0) is 23.8. The summed E-state index contributed by atoms with van der Waals surface area (Å²) in [5.41, 5.74) is 2.66. The van der Waals surface area contributed by atoms with Crippen molar-refractivity contribution in [3.8, 4) is 11.8 Å². The number of halogens is 1. The van der Waals surface area contributed by atoms with E-state index in [-0.39, 0.29) is 18.5 Å². The van der Waals surface area contributed by atoms with Crippen LogP contribution < -0.4 is 9.64 Å². The summed E-state index contributed by atoms with van der Waals surface area (Å²) in [7, 11) is 1.54. The summed E-state index contributed by atoms with van der Waals surface area (Å²) in [5, 5.41) is 14.7. The average molecular weight is 487 g/mol. The molecule has 180 valence electrons. The number of nitrogens with zero attached hydrogens (tertiary/aromatic N) is 6. The lowest BCUT2D eigenvalue weighted by molar-refractivity contribution is 0.0962. The Bertz CT molecular complexity index is 1210. The number of aryl methyl sites for hydroxylation is 1. The van der Waals surface area contributed by atoms with Crippen LogP contribution in [0, 0.1) is 6.92 Å². The highest BCUT2D eigenvalue weighted by Gasteiger charge is 2.33. The molecule has 4 heterocycles. The van der Waals surface area contributed by atoms with Crippen LogP contribution in [0.5, 0.6) is 6.01 Å². The van der Waals surface area contributed by atoms with Crippen LogP contribution in [0.3, 0.4) is 0 Å². The van der Waals surface area contributed by atoms with Crippen molar-refractivity contribution in [1.82, 2.24) is 24.6 Å². The Morgan fingerprint density at radius 2 is 1.94 bits per heavy atom. The average Bonchev–Trinajstić information content (AvgIpc) is 3.26. The molecule has 2 saturated heterocycles. The molecule has 1 N–H and O–H groups in total. The Labute approximate surface area is 200 Å². The molecule has 2 aliphatic heterocycles. The number of likely N-dealkylation sites (tertiary alicyclic amines) is 1. The Morgan fingerprint density at radius 3 is 2.65 bits per heavy atom. The third-order valence-corrected chi connectivity index (χ3v) is 7.52. The van der Waals surface area contributed by atoms with Crippen molar-refractivity contribution < 1.29 is 19.0 Å². The van der Waals surface area contributed by atoms with Crippen molar-refractivity contribution in [2.24, 2.45) is 0 Å². The van der Waals surface area contributed by atoms with Gasteiger partial charge in [0.1, 0.15) is 12.0 Å². The Hall–Kier alpha value is -3.08. The highest BCUT2D eigenvalue weighted by molar-refractivity contribution is 7.99. The van der Waals surface area contributed by atoms with Crippen molar-refractivity contribution in [3.05, 3.63) is 35.5 Å². The number of amides is 1. The summed E-state index contributed by atoms with van der Waals surface area (Å²) in [6, 6.07) is 6.16. The molecule has 2 aliphatic rings. The van der Waals surface area contributed by atoms with Gasteiger partial charge >= 0.3 is 12.1 Å². The van der Waals surface area contributed by atoms with Gasteiger partial charge in [0.05, 0.1) is 25.4 Å². The van der Waals surface area contributed by atoms with E-state index in [1.807, 2.05) is 36.9 Å². The summed E-state index contributed by atoms with van der Waals surface area (Å²) in [5.74, 6) is 3.09. The molecule has 1 aromatic carbocycles. The first-order valence-corrected chi connectivity index (χ1v) is 12.5. The number of hydrogen-bond acceptors (Lipinski definition) is 7. The molecule has 2 unspecified atom stereocenters. The number of carbonyl (C=O) groups is 1. The van der Waals surface area contributed by atoms with Crippen LogP contribution in [0.25, 0.3) is 16.7 Å². The highest BCUT2D eigenvalue weighted by Crippen LogP contribution is 2.35. The molecule has 9 nitrogen and oxygen atoms in total. The lowest BCUT2D eigenvalue weighted by atomic mass is 9.85. The monoisotopic (exact) mass is 486 g/mol. The van der Waals surface area contributed by atoms with E-state index in [0.717, 1.165) is 57.3 Å². The minimum absolute atomic E-state index is 0.114. The molecule has 0 bridgehead atoms. The van der Waals surface area contributed by atoms with Crippen LogP contribution in [-0.4, -0.2) is 86.8 Å². The van der Waals surface area contributed by atoms with Crippen molar-refractivity contribution >= 4 is 34.6 Å². The molecule has 0 radical (unpaired) electrons. The Balaban J connectivity index is 1.54. The maximum absolute atomic E-state index is 15.1. The molecule has 34 heavy (non-hydrogen) atoms. The fourth-order valence-corrected chi connectivity index (χ4v) is 5.67. The number of ether oxygens (including phenoxy) is 1. The van der Waals surface area contributed by atoms with Gasteiger partial charge in [-0.3, -0.25) is 0 Å². The van der Waals surface area contributed by atoms with Gasteiger partial charge in [-0.25, -0.2) is 13.9 Å². The summed E-state index contributed by atoms with van der Waals surface area (Å²) in [6.07, 6.45) is -0.128. The molecular formula is C23H27FN6O3S. The van der Waals surface area contributed by atoms with E-state index in [4.69, 9.17) is 4.74 Å². The smallest absolute Gasteiger partial charge is 0.407 e. The molecule has 0 saturated carbocycles. The van der Waals surface area contributed by atoms with E-state index in [0.29, 0.717) is 18.8 Å². The molecular weight excluding hydrogens is 459 g/mol. The predicted molar refractivity (Wildman–Crippen MR) is 129 cm³/mol. The maximum Gasteiger partial charge on any atom is 0.407 e. The largest absolute Gasteiger partial charge is 0.467 e. The highest BCUT2D eigenvalue weighted by atomic mass is 32.2. The molecule has 2 atom stereocenters. The van der Waals surface area contributed by atoms with E-state index < -0.39 is 12.3 Å². The van der Waals surface area contributed by atoms with Crippen molar-refractivity contribution in [3.63, 3.8) is 0 Å². The number of hydrogen-bond donors (Lipinski definition) is 1. The van der Waals surface area contributed by atoms with Crippen LogP contribution >= 0.6 is 11.8 Å². The third-order valence-electron chi connectivity index (χ3n) is 6.58. The van der Waals surface area contributed by atoms with Gasteiger partial charge in [-0.05, 0) is 36.6 Å². The first-order chi connectivity index (χ1) is 16.4. The topological polar surface area (TPSA) is 96.6 Å². The van der Waals surface area contributed by atoms with E-state index in [2.05, 4.69) is 20.0 Å². The number of methoxy groups -OCH3 is 1. The van der Waals surface area contributed by atoms with E-state index in [1.165, 1.54) is 0 Å².